The summed E-state index contributed by atoms with van der Waals surface area (Å²) in [6.45, 7) is -0.867. The number of halogens is 6. The number of likely N-dealkylation sites (tertiary alicyclic amines) is 1. The number of alkyl halides is 6. The molecule has 1 aliphatic rings. The van der Waals surface area contributed by atoms with E-state index in [9.17, 15) is 35.9 Å². The lowest BCUT2D eigenvalue weighted by Crippen LogP contribution is -2.52. The molecule has 0 aliphatic carbocycles. The zero-order valence-corrected chi connectivity index (χ0v) is 22.2. The molecule has 224 valence electrons. The molecule has 0 bridgehead atoms. The number of carboxylic acids is 1. The van der Waals surface area contributed by atoms with Crippen LogP contribution in [0.3, 0.4) is 0 Å². The van der Waals surface area contributed by atoms with Crippen molar-refractivity contribution in [3.8, 4) is 0 Å². The lowest BCUT2D eigenvalue weighted by atomic mass is 9.75. The Morgan fingerprint density at radius 2 is 1.40 bits per heavy atom. The summed E-state index contributed by atoms with van der Waals surface area (Å²) in [5.74, 6) is -2.06. The Morgan fingerprint density at radius 3 is 1.88 bits per heavy atom. The third-order valence-corrected chi connectivity index (χ3v) is 7.13. The molecule has 0 unspecified atom stereocenters. The van der Waals surface area contributed by atoms with Crippen molar-refractivity contribution < 1.29 is 45.8 Å². The third kappa shape index (κ3) is 7.81. The van der Waals surface area contributed by atoms with Crippen molar-refractivity contribution in [2.24, 2.45) is 5.92 Å². The van der Waals surface area contributed by atoms with Crippen molar-refractivity contribution in [1.82, 2.24) is 10.2 Å². The Morgan fingerprint density at radius 1 is 0.881 bits per heavy atom. The quantitative estimate of drug-likeness (QED) is 0.290. The van der Waals surface area contributed by atoms with Gasteiger partial charge in [-0.05, 0) is 41.3 Å². The molecule has 0 saturated carbocycles. The van der Waals surface area contributed by atoms with Crippen molar-refractivity contribution >= 4 is 12.0 Å². The van der Waals surface area contributed by atoms with E-state index in [2.05, 4.69) is 5.32 Å². The second-order valence-electron chi connectivity index (χ2n) is 10.0. The highest BCUT2D eigenvalue weighted by Crippen LogP contribution is 2.40. The Bertz CT molecular complexity index is 1290. The van der Waals surface area contributed by atoms with E-state index in [-0.39, 0.29) is 37.1 Å². The van der Waals surface area contributed by atoms with Gasteiger partial charge in [-0.2, -0.15) is 26.3 Å². The van der Waals surface area contributed by atoms with Crippen LogP contribution in [0.5, 0.6) is 0 Å². The first-order valence-electron chi connectivity index (χ1n) is 13.1. The highest BCUT2D eigenvalue weighted by atomic mass is 19.4. The van der Waals surface area contributed by atoms with Gasteiger partial charge in [-0.3, -0.25) is 4.79 Å². The van der Waals surface area contributed by atoms with Crippen LogP contribution in [0, 0.1) is 5.92 Å². The van der Waals surface area contributed by atoms with Crippen molar-refractivity contribution in [3.63, 3.8) is 0 Å². The maximum Gasteiger partial charge on any atom is 0.416 e. The van der Waals surface area contributed by atoms with Crippen LogP contribution >= 0.6 is 0 Å². The van der Waals surface area contributed by atoms with Crippen LogP contribution in [0.4, 0.5) is 31.1 Å². The van der Waals surface area contributed by atoms with Crippen molar-refractivity contribution in [2.75, 3.05) is 19.6 Å². The molecule has 42 heavy (non-hydrogen) atoms. The minimum Gasteiger partial charge on any atom is -0.480 e. The fraction of sp³-hybridized carbons (Fsp3) is 0.333. The van der Waals surface area contributed by atoms with E-state index in [4.69, 9.17) is 9.84 Å². The topological polar surface area (TPSA) is 78.9 Å². The first-order valence-corrected chi connectivity index (χ1v) is 13.1. The van der Waals surface area contributed by atoms with Crippen LogP contribution in [0.15, 0.2) is 78.9 Å². The Kier molecular flexibility index (Phi) is 9.45. The normalized spacial score (nSPS) is 17.7. The molecule has 12 heteroatoms. The first-order chi connectivity index (χ1) is 19.8. The number of amides is 2. The summed E-state index contributed by atoms with van der Waals surface area (Å²) in [5.41, 5.74) is -1.40. The third-order valence-electron chi connectivity index (χ3n) is 7.13. The average molecular weight is 595 g/mol. The smallest absolute Gasteiger partial charge is 0.416 e. The maximum absolute atomic E-state index is 13.4. The first kappa shape index (κ1) is 30.9. The number of carbonyl (C=O) groups is 2. The monoisotopic (exact) mass is 594 g/mol. The predicted molar refractivity (Wildman–Crippen MR) is 140 cm³/mol. The number of ether oxygens (including phenoxy) is 1. The second-order valence-corrected chi connectivity index (χ2v) is 10.0. The Balaban J connectivity index is 1.68. The van der Waals surface area contributed by atoms with E-state index in [1.807, 2.05) is 60.7 Å². The SMILES string of the molecule is O=C(O)CNC(=O)N1CC[C@@H](OCc2cc(C(F)(F)F)cc(C(F)(F)F)c2)[C@@H](C(c2ccccc2)c2ccccc2)C1. The molecule has 0 aromatic heterocycles. The molecule has 1 heterocycles. The van der Waals surface area contributed by atoms with E-state index in [0.29, 0.717) is 12.1 Å². The number of aliphatic carboxylic acids is 1. The van der Waals surface area contributed by atoms with Crippen LogP contribution in [-0.4, -0.2) is 47.7 Å². The fourth-order valence-electron chi connectivity index (χ4n) is 5.25. The zero-order chi connectivity index (χ0) is 30.5. The minimum atomic E-state index is -4.99. The summed E-state index contributed by atoms with van der Waals surface area (Å²) in [6, 6.07) is 19.3. The van der Waals surface area contributed by atoms with Crippen LogP contribution in [0.25, 0.3) is 0 Å². The van der Waals surface area contributed by atoms with Gasteiger partial charge in [0.1, 0.15) is 6.54 Å². The van der Waals surface area contributed by atoms with Crippen molar-refractivity contribution in [2.45, 2.75) is 37.4 Å². The number of benzene rings is 3. The van der Waals surface area contributed by atoms with Crippen LogP contribution in [-0.2, 0) is 28.5 Å². The molecule has 0 spiro atoms. The highest BCUT2D eigenvalue weighted by Gasteiger charge is 2.40. The molecule has 0 radical (unpaired) electrons. The molecule has 1 aliphatic heterocycles. The molecule has 3 aromatic rings. The number of nitrogens with zero attached hydrogens (tertiary/aromatic N) is 1. The standard InChI is InChI=1S/C30H28F6N2O4/c31-29(32,33)22-13-19(14-23(15-22)30(34,35)36)18-42-25-11-12-38(28(41)37-16-26(39)40)17-24(25)27(20-7-3-1-4-8-20)21-9-5-2-6-10-21/h1-10,13-15,24-25,27H,11-12,16-18H2,(H,37,41)(H,39,40)/t24-,25+/m0/s1. The van der Waals surface area contributed by atoms with E-state index >= 15 is 0 Å². The molecule has 1 saturated heterocycles. The minimum absolute atomic E-state index is 0.0708. The van der Waals surface area contributed by atoms with Gasteiger partial charge in [0.25, 0.3) is 0 Å². The largest absolute Gasteiger partial charge is 0.480 e. The van der Waals surface area contributed by atoms with Gasteiger partial charge in [-0.15, -0.1) is 0 Å². The predicted octanol–water partition coefficient (Wildman–Crippen LogP) is 6.56. The lowest BCUT2D eigenvalue weighted by Gasteiger charge is -2.42. The van der Waals surface area contributed by atoms with Gasteiger partial charge in [0.2, 0.25) is 0 Å². The van der Waals surface area contributed by atoms with Gasteiger partial charge in [0.15, 0.2) is 0 Å². The summed E-state index contributed by atoms with van der Waals surface area (Å²) >= 11 is 0. The van der Waals surface area contributed by atoms with E-state index in [1.54, 1.807) is 0 Å². The summed E-state index contributed by atoms with van der Waals surface area (Å²) in [7, 11) is 0. The molecular weight excluding hydrogens is 566 g/mol. The average Bonchev–Trinajstić information content (AvgIpc) is 2.95. The fourth-order valence-corrected chi connectivity index (χ4v) is 5.25. The van der Waals surface area contributed by atoms with Crippen LogP contribution in [0.2, 0.25) is 0 Å². The number of hydrogen-bond acceptors (Lipinski definition) is 3. The number of hydrogen-bond donors (Lipinski definition) is 2. The van der Waals surface area contributed by atoms with Gasteiger partial charge in [0, 0.05) is 24.9 Å². The number of carbonyl (C=O) groups excluding carboxylic acids is 1. The molecule has 2 amide bonds. The summed E-state index contributed by atoms with van der Waals surface area (Å²) in [4.78, 5) is 25.2. The molecule has 4 rings (SSSR count). The molecular formula is C30H28F6N2O4. The van der Waals surface area contributed by atoms with Gasteiger partial charge >= 0.3 is 24.4 Å². The maximum atomic E-state index is 13.4. The van der Waals surface area contributed by atoms with Gasteiger partial charge in [0.05, 0.1) is 23.8 Å². The van der Waals surface area contributed by atoms with Gasteiger partial charge in [-0.25, -0.2) is 4.79 Å². The second kappa shape index (κ2) is 12.8. The van der Waals surface area contributed by atoms with Crippen LogP contribution < -0.4 is 5.32 Å². The number of carboxylic acid groups (broad SMARTS) is 1. The molecule has 6 nitrogen and oxygen atoms in total. The number of urea groups is 1. The van der Waals surface area contributed by atoms with Crippen molar-refractivity contribution in [3.05, 3.63) is 107 Å². The zero-order valence-electron chi connectivity index (χ0n) is 22.2. The van der Waals surface area contributed by atoms with Crippen molar-refractivity contribution in [1.29, 1.82) is 0 Å². The number of nitrogens with one attached hydrogen (secondary N) is 1. The number of rotatable bonds is 8. The molecule has 2 N–H and O–H groups in total. The number of piperidine rings is 1. The summed E-state index contributed by atoms with van der Waals surface area (Å²) < 4.78 is 86.6. The summed E-state index contributed by atoms with van der Waals surface area (Å²) in [5, 5.41) is 11.3. The Hall–Kier alpha value is -4.06. The van der Waals surface area contributed by atoms with E-state index in [0.717, 1.165) is 11.1 Å². The molecule has 3 aromatic carbocycles. The van der Waals surface area contributed by atoms with E-state index < -0.39 is 60.7 Å². The van der Waals surface area contributed by atoms with E-state index in [1.165, 1.54) is 4.90 Å². The molecule has 2 atom stereocenters. The molecule has 1 fully saturated rings. The summed E-state index contributed by atoms with van der Waals surface area (Å²) in [6.07, 6.45) is -10.4. The Labute approximate surface area is 237 Å². The van der Waals surface area contributed by atoms with Gasteiger partial charge < -0.3 is 20.1 Å². The van der Waals surface area contributed by atoms with Crippen LogP contribution in [0.1, 0.15) is 40.2 Å². The highest BCUT2D eigenvalue weighted by molar-refractivity contribution is 5.80. The van der Waals surface area contributed by atoms with Gasteiger partial charge in [-0.1, -0.05) is 60.7 Å². The lowest BCUT2D eigenvalue weighted by molar-refractivity contribution is -0.143.